The molecule has 31 heavy (non-hydrogen) atoms. The molecule has 2 atom stereocenters. The van der Waals surface area contributed by atoms with Crippen LogP contribution in [0.4, 0.5) is 4.79 Å². The highest BCUT2D eigenvalue weighted by molar-refractivity contribution is 6.07. The Hall–Kier alpha value is -2.49. The molecule has 2 heterocycles. The van der Waals surface area contributed by atoms with Crippen molar-refractivity contribution in [1.29, 1.82) is 0 Å². The number of carbonyl (C=O) groups excluding carboxylic acids is 3. The number of amides is 4. The second-order valence-electron chi connectivity index (χ2n) is 8.44. The van der Waals surface area contributed by atoms with Gasteiger partial charge in [-0.15, -0.1) is 0 Å². The zero-order valence-corrected chi connectivity index (χ0v) is 18.6. The van der Waals surface area contributed by atoms with E-state index in [0.29, 0.717) is 26.2 Å². The number of imide groups is 1. The molecule has 2 aliphatic rings. The van der Waals surface area contributed by atoms with Crippen molar-refractivity contribution in [2.75, 3.05) is 39.4 Å². The van der Waals surface area contributed by atoms with Gasteiger partial charge in [0, 0.05) is 32.2 Å². The lowest BCUT2D eigenvalue weighted by Gasteiger charge is -2.35. The zero-order chi connectivity index (χ0) is 22.4. The van der Waals surface area contributed by atoms with Gasteiger partial charge in [0.05, 0.1) is 19.8 Å². The molecule has 2 fully saturated rings. The minimum Gasteiger partial charge on any atom is -0.379 e. The number of rotatable bonds is 9. The minimum atomic E-state index is -0.988. The van der Waals surface area contributed by atoms with Crippen LogP contribution in [0.5, 0.6) is 0 Å². The van der Waals surface area contributed by atoms with E-state index in [4.69, 9.17) is 4.74 Å². The third kappa shape index (κ3) is 5.81. The standard InChI is InChI=1S/C22H33N5O4/c1-4-22(3)20(29)27(21(30)23-22)24-19(28)16-26(15-18-8-6-5-7-9-18)17(2)14-25-10-12-31-13-11-25/h5-9,17H,4,10-16H2,1-3H3,(H,23,30)(H,24,28). The van der Waals surface area contributed by atoms with Gasteiger partial charge in [-0.25, -0.2) is 4.79 Å². The van der Waals surface area contributed by atoms with Crippen LogP contribution in [0.15, 0.2) is 30.3 Å². The normalized spacial score (nSPS) is 23.2. The topological polar surface area (TPSA) is 94.2 Å². The fourth-order valence-electron chi connectivity index (χ4n) is 3.83. The lowest BCUT2D eigenvalue weighted by atomic mass is 10.00. The summed E-state index contributed by atoms with van der Waals surface area (Å²) in [6.07, 6.45) is 0.445. The van der Waals surface area contributed by atoms with Crippen LogP contribution in [0.2, 0.25) is 0 Å². The molecule has 1 aromatic rings. The van der Waals surface area contributed by atoms with E-state index in [1.54, 1.807) is 6.92 Å². The Labute approximate surface area is 183 Å². The maximum atomic E-state index is 12.8. The maximum Gasteiger partial charge on any atom is 0.344 e. The van der Waals surface area contributed by atoms with Crippen LogP contribution in [0.25, 0.3) is 0 Å². The summed E-state index contributed by atoms with van der Waals surface area (Å²) in [5, 5.41) is 3.45. The highest BCUT2D eigenvalue weighted by atomic mass is 16.5. The average Bonchev–Trinajstić information content (AvgIpc) is 2.98. The number of hydrogen-bond acceptors (Lipinski definition) is 6. The molecular weight excluding hydrogens is 398 g/mol. The molecule has 0 radical (unpaired) electrons. The molecule has 2 aliphatic heterocycles. The number of hydrazine groups is 1. The number of ether oxygens (including phenoxy) is 1. The first kappa shape index (κ1) is 23.2. The van der Waals surface area contributed by atoms with Gasteiger partial charge in [-0.3, -0.25) is 24.8 Å². The van der Waals surface area contributed by atoms with E-state index in [2.05, 4.69) is 27.5 Å². The van der Waals surface area contributed by atoms with Gasteiger partial charge in [0.15, 0.2) is 0 Å². The molecular formula is C22H33N5O4. The Balaban J connectivity index is 1.66. The van der Waals surface area contributed by atoms with Gasteiger partial charge in [-0.1, -0.05) is 37.3 Å². The molecule has 3 rings (SSSR count). The predicted octanol–water partition coefficient (Wildman–Crippen LogP) is 0.961. The monoisotopic (exact) mass is 431 g/mol. The van der Waals surface area contributed by atoms with Gasteiger partial charge >= 0.3 is 6.03 Å². The fourth-order valence-corrected chi connectivity index (χ4v) is 3.83. The van der Waals surface area contributed by atoms with Gasteiger partial charge in [-0.2, -0.15) is 5.01 Å². The summed E-state index contributed by atoms with van der Waals surface area (Å²) >= 11 is 0. The van der Waals surface area contributed by atoms with Crippen molar-refractivity contribution in [1.82, 2.24) is 25.6 Å². The van der Waals surface area contributed by atoms with Crippen LogP contribution >= 0.6 is 0 Å². The molecule has 2 unspecified atom stereocenters. The minimum absolute atomic E-state index is 0.0697. The number of morpholine rings is 1. The number of nitrogens with zero attached hydrogens (tertiary/aromatic N) is 3. The Morgan fingerprint density at radius 1 is 1.26 bits per heavy atom. The number of hydrogen-bond donors (Lipinski definition) is 2. The van der Waals surface area contributed by atoms with Gasteiger partial charge in [-0.05, 0) is 25.8 Å². The van der Waals surface area contributed by atoms with Crippen molar-refractivity contribution < 1.29 is 19.1 Å². The third-order valence-electron chi connectivity index (χ3n) is 6.03. The number of urea groups is 1. The van der Waals surface area contributed by atoms with Gasteiger partial charge < -0.3 is 10.1 Å². The van der Waals surface area contributed by atoms with Crippen LogP contribution in [0, 0.1) is 0 Å². The van der Waals surface area contributed by atoms with Gasteiger partial charge in [0.1, 0.15) is 5.54 Å². The van der Waals surface area contributed by atoms with Crippen molar-refractivity contribution in [3.05, 3.63) is 35.9 Å². The van der Waals surface area contributed by atoms with E-state index in [0.717, 1.165) is 30.2 Å². The first-order valence-electron chi connectivity index (χ1n) is 10.9. The summed E-state index contributed by atoms with van der Waals surface area (Å²) in [6.45, 7) is 10.2. The van der Waals surface area contributed by atoms with E-state index >= 15 is 0 Å². The van der Waals surface area contributed by atoms with Crippen LogP contribution in [-0.2, 0) is 20.9 Å². The SMILES string of the molecule is CCC1(C)NC(=O)N(NC(=O)CN(Cc2ccccc2)C(C)CN2CCOCC2)C1=O. The van der Waals surface area contributed by atoms with E-state index < -0.39 is 23.4 Å². The molecule has 2 saturated heterocycles. The summed E-state index contributed by atoms with van der Waals surface area (Å²) in [5.74, 6) is -0.835. The van der Waals surface area contributed by atoms with Gasteiger partial charge in [0.2, 0.25) is 0 Å². The summed E-state index contributed by atoms with van der Waals surface area (Å²) in [4.78, 5) is 42.0. The van der Waals surface area contributed by atoms with Crippen molar-refractivity contribution in [3.8, 4) is 0 Å². The lowest BCUT2D eigenvalue weighted by molar-refractivity contribution is -0.139. The average molecular weight is 432 g/mol. The smallest absolute Gasteiger partial charge is 0.344 e. The fraction of sp³-hybridized carbons (Fsp3) is 0.591. The maximum absolute atomic E-state index is 12.8. The van der Waals surface area contributed by atoms with E-state index in [1.807, 2.05) is 37.3 Å². The molecule has 9 heteroatoms. The number of benzene rings is 1. The van der Waals surface area contributed by atoms with Crippen LogP contribution < -0.4 is 10.7 Å². The van der Waals surface area contributed by atoms with Gasteiger partial charge in [0.25, 0.3) is 11.8 Å². The van der Waals surface area contributed by atoms with Crippen LogP contribution in [0.3, 0.4) is 0 Å². The molecule has 1 aromatic carbocycles. The summed E-state index contributed by atoms with van der Waals surface area (Å²) in [5.41, 5.74) is 2.61. The summed E-state index contributed by atoms with van der Waals surface area (Å²) in [6, 6.07) is 9.44. The Bertz CT molecular complexity index is 783. The Kier molecular flexibility index (Phi) is 7.64. The Morgan fingerprint density at radius 2 is 1.94 bits per heavy atom. The highest BCUT2D eigenvalue weighted by Gasteiger charge is 2.47. The number of carbonyl (C=O) groups is 3. The molecule has 0 saturated carbocycles. The van der Waals surface area contributed by atoms with Crippen LogP contribution in [-0.4, -0.2) is 83.6 Å². The molecule has 0 bridgehead atoms. The molecule has 0 aliphatic carbocycles. The summed E-state index contributed by atoms with van der Waals surface area (Å²) < 4.78 is 5.43. The second kappa shape index (κ2) is 10.2. The quantitative estimate of drug-likeness (QED) is 0.566. The summed E-state index contributed by atoms with van der Waals surface area (Å²) in [7, 11) is 0. The van der Waals surface area contributed by atoms with E-state index in [-0.39, 0.29) is 12.6 Å². The molecule has 2 N–H and O–H groups in total. The molecule has 0 spiro atoms. The van der Waals surface area contributed by atoms with E-state index in [9.17, 15) is 14.4 Å². The van der Waals surface area contributed by atoms with Crippen LogP contribution in [0.1, 0.15) is 32.8 Å². The molecule has 170 valence electrons. The first-order chi connectivity index (χ1) is 14.8. The van der Waals surface area contributed by atoms with E-state index in [1.165, 1.54) is 0 Å². The third-order valence-corrected chi connectivity index (χ3v) is 6.03. The lowest BCUT2D eigenvalue weighted by Crippen LogP contribution is -2.53. The first-order valence-corrected chi connectivity index (χ1v) is 10.9. The molecule has 9 nitrogen and oxygen atoms in total. The molecule has 0 aromatic heterocycles. The largest absolute Gasteiger partial charge is 0.379 e. The highest BCUT2D eigenvalue weighted by Crippen LogP contribution is 2.19. The van der Waals surface area contributed by atoms with Crippen molar-refractivity contribution in [2.24, 2.45) is 0 Å². The number of nitrogens with one attached hydrogen (secondary N) is 2. The molecule has 4 amide bonds. The van der Waals surface area contributed by atoms with Crippen molar-refractivity contribution in [3.63, 3.8) is 0 Å². The Morgan fingerprint density at radius 3 is 2.55 bits per heavy atom. The second-order valence-corrected chi connectivity index (χ2v) is 8.44. The van der Waals surface area contributed by atoms with Crippen molar-refractivity contribution >= 4 is 17.8 Å². The van der Waals surface area contributed by atoms with Crippen molar-refractivity contribution in [2.45, 2.75) is 45.3 Å². The zero-order valence-electron chi connectivity index (χ0n) is 18.6. The predicted molar refractivity (Wildman–Crippen MR) is 116 cm³/mol.